The highest BCUT2D eigenvalue weighted by Crippen LogP contribution is 2.21. The second kappa shape index (κ2) is 5.07. The third-order valence-corrected chi connectivity index (χ3v) is 2.64. The summed E-state index contributed by atoms with van der Waals surface area (Å²) in [7, 11) is 0. The highest BCUT2D eigenvalue weighted by molar-refractivity contribution is 5.35. The standard InChI is InChI=1S/C11H19N3O/c1-5-7(2)15-11-10(6-12)8(3)9(4)13-14-11/h7H,5-6,12H2,1-4H3. The Morgan fingerprint density at radius 3 is 2.53 bits per heavy atom. The van der Waals surface area contributed by atoms with Gasteiger partial charge in [-0.3, -0.25) is 0 Å². The fourth-order valence-corrected chi connectivity index (χ4v) is 1.24. The first-order chi connectivity index (χ1) is 7.10. The summed E-state index contributed by atoms with van der Waals surface area (Å²) in [5.74, 6) is 0.579. The van der Waals surface area contributed by atoms with Crippen molar-refractivity contribution in [2.45, 2.75) is 46.8 Å². The summed E-state index contributed by atoms with van der Waals surface area (Å²) in [5.41, 5.74) is 8.63. The molecule has 1 unspecified atom stereocenters. The molecule has 0 saturated carbocycles. The lowest BCUT2D eigenvalue weighted by Gasteiger charge is -2.15. The molecule has 4 heteroatoms. The minimum Gasteiger partial charge on any atom is -0.473 e. The molecule has 0 aliphatic rings. The molecule has 1 aromatic rings. The Morgan fingerprint density at radius 1 is 1.33 bits per heavy atom. The number of aryl methyl sites for hydroxylation is 1. The van der Waals surface area contributed by atoms with Crippen molar-refractivity contribution < 1.29 is 4.74 Å². The molecule has 0 saturated heterocycles. The molecule has 0 amide bonds. The quantitative estimate of drug-likeness (QED) is 0.820. The Kier molecular flexibility index (Phi) is 4.03. The summed E-state index contributed by atoms with van der Waals surface area (Å²) in [6, 6.07) is 0. The van der Waals surface area contributed by atoms with Crippen LogP contribution >= 0.6 is 0 Å². The Bertz CT molecular complexity index is 339. The van der Waals surface area contributed by atoms with Crippen LogP contribution in [0.2, 0.25) is 0 Å². The predicted octanol–water partition coefficient (Wildman–Crippen LogP) is 1.73. The molecule has 0 radical (unpaired) electrons. The molecule has 1 rings (SSSR count). The summed E-state index contributed by atoms with van der Waals surface area (Å²) in [6.45, 7) is 8.44. The number of hydrogen-bond donors (Lipinski definition) is 1. The van der Waals surface area contributed by atoms with Crippen LogP contribution in [0.5, 0.6) is 5.88 Å². The minimum absolute atomic E-state index is 0.145. The SMILES string of the molecule is CCC(C)Oc1nnc(C)c(C)c1CN. The van der Waals surface area contributed by atoms with Gasteiger partial charge in [0.2, 0.25) is 5.88 Å². The maximum Gasteiger partial charge on any atom is 0.238 e. The van der Waals surface area contributed by atoms with Gasteiger partial charge in [0.05, 0.1) is 11.8 Å². The van der Waals surface area contributed by atoms with Gasteiger partial charge in [0, 0.05) is 12.1 Å². The molecular weight excluding hydrogens is 190 g/mol. The average Bonchev–Trinajstić information content (AvgIpc) is 2.24. The molecular formula is C11H19N3O. The van der Waals surface area contributed by atoms with Gasteiger partial charge in [-0.15, -0.1) is 5.10 Å². The third kappa shape index (κ3) is 2.65. The number of nitrogens with zero attached hydrogens (tertiary/aromatic N) is 2. The predicted molar refractivity (Wildman–Crippen MR) is 59.8 cm³/mol. The molecule has 84 valence electrons. The number of aromatic nitrogens is 2. The topological polar surface area (TPSA) is 61.0 Å². The van der Waals surface area contributed by atoms with E-state index >= 15 is 0 Å². The van der Waals surface area contributed by atoms with E-state index in [-0.39, 0.29) is 6.10 Å². The summed E-state index contributed by atoms with van der Waals surface area (Å²) < 4.78 is 5.67. The van der Waals surface area contributed by atoms with E-state index in [4.69, 9.17) is 10.5 Å². The van der Waals surface area contributed by atoms with Gasteiger partial charge < -0.3 is 10.5 Å². The summed E-state index contributed by atoms with van der Waals surface area (Å²) >= 11 is 0. The van der Waals surface area contributed by atoms with Crippen LogP contribution in [0.3, 0.4) is 0 Å². The molecule has 0 aromatic carbocycles. The van der Waals surface area contributed by atoms with Gasteiger partial charge in [0.1, 0.15) is 0 Å². The molecule has 0 fully saturated rings. The normalized spacial score (nSPS) is 12.6. The van der Waals surface area contributed by atoms with Gasteiger partial charge in [0.25, 0.3) is 0 Å². The van der Waals surface area contributed by atoms with Crippen LogP contribution in [0.1, 0.15) is 37.1 Å². The second-order valence-electron chi connectivity index (χ2n) is 3.73. The molecule has 1 atom stereocenters. The maximum absolute atomic E-state index is 5.69. The van der Waals surface area contributed by atoms with Crippen LogP contribution < -0.4 is 10.5 Å². The lowest BCUT2D eigenvalue weighted by Crippen LogP contribution is -2.15. The second-order valence-corrected chi connectivity index (χ2v) is 3.73. The number of nitrogens with two attached hydrogens (primary N) is 1. The van der Waals surface area contributed by atoms with E-state index in [1.165, 1.54) is 0 Å². The van der Waals surface area contributed by atoms with Crippen LogP contribution in [-0.2, 0) is 6.54 Å². The zero-order chi connectivity index (χ0) is 11.4. The molecule has 0 spiro atoms. The highest BCUT2D eigenvalue weighted by Gasteiger charge is 2.12. The van der Waals surface area contributed by atoms with E-state index in [0.717, 1.165) is 23.2 Å². The van der Waals surface area contributed by atoms with Gasteiger partial charge in [0.15, 0.2) is 0 Å². The number of rotatable bonds is 4. The molecule has 0 bridgehead atoms. The Morgan fingerprint density at radius 2 is 2.00 bits per heavy atom. The van der Waals surface area contributed by atoms with E-state index in [2.05, 4.69) is 17.1 Å². The van der Waals surface area contributed by atoms with Gasteiger partial charge in [-0.1, -0.05) is 6.92 Å². The molecule has 0 aliphatic heterocycles. The zero-order valence-electron chi connectivity index (χ0n) is 9.87. The summed E-state index contributed by atoms with van der Waals surface area (Å²) in [6.07, 6.45) is 1.09. The Hall–Kier alpha value is -1.16. The Balaban J connectivity index is 3.02. The van der Waals surface area contributed by atoms with Crippen molar-refractivity contribution in [2.75, 3.05) is 0 Å². The number of ether oxygens (including phenoxy) is 1. The Labute approximate surface area is 90.8 Å². The molecule has 0 aliphatic carbocycles. The maximum atomic E-state index is 5.69. The van der Waals surface area contributed by atoms with Crippen molar-refractivity contribution in [3.8, 4) is 5.88 Å². The van der Waals surface area contributed by atoms with E-state index < -0.39 is 0 Å². The van der Waals surface area contributed by atoms with Crippen molar-refractivity contribution in [2.24, 2.45) is 5.73 Å². The average molecular weight is 209 g/mol. The van der Waals surface area contributed by atoms with E-state index in [9.17, 15) is 0 Å². The fraction of sp³-hybridized carbons (Fsp3) is 0.636. The zero-order valence-corrected chi connectivity index (χ0v) is 9.87. The van der Waals surface area contributed by atoms with Crippen molar-refractivity contribution in [1.82, 2.24) is 10.2 Å². The first-order valence-electron chi connectivity index (χ1n) is 5.29. The first-order valence-corrected chi connectivity index (χ1v) is 5.29. The van der Waals surface area contributed by atoms with Crippen LogP contribution in [0.25, 0.3) is 0 Å². The molecule has 1 heterocycles. The van der Waals surface area contributed by atoms with Gasteiger partial charge >= 0.3 is 0 Å². The van der Waals surface area contributed by atoms with Crippen molar-refractivity contribution in [1.29, 1.82) is 0 Å². The lowest BCUT2D eigenvalue weighted by molar-refractivity contribution is 0.203. The highest BCUT2D eigenvalue weighted by atomic mass is 16.5. The molecule has 2 N–H and O–H groups in total. The van der Waals surface area contributed by atoms with Crippen molar-refractivity contribution >= 4 is 0 Å². The minimum atomic E-state index is 0.145. The molecule has 4 nitrogen and oxygen atoms in total. The van der Waals surface area contributed by atoms with E-state index in [1.54, 1.807) is 0 Å². The monoisotopic (exact) mass is 209 g/mol. The van der Waals surface area contributed by atoms with Crippen LogP contribution in [-0.4, -0.2) is 16.3 Å². The molecule has 1 aromatic heterocycles. The fourth-order valence-electron chi connectivity index (χ4n) is 1.24. The third-order valence-electron chi connectivity index (χ3n) is 2.64. The van der Waals surface area contributed by atoms with E-state index in [0.29, 0.717) is 12.4 Å². The van der Waals surface area contributed by atoms with Gasteiger partial charge in [-0.05, 0) is 32.8 Å². The first kappa shape index (κ1) is 11.9. The van der Waals surface area contributed by atoms with Gasteiger partial charge in [-0.25, -0.2) is 0 Å². The van der Waals surface area contributed by atoms with E-state index in [1.807, 2.05) is 20.8 Å². The summed E-state index contributed by atoms with van der Waals surface area (Å²) in [5, 5.41) is 8.09. The van der Waals surface area contributed by atoms with Crippen LogP contribution in [0, 0.1) is 13.8 Å². The van der Waals surface area contributed by atoms with Crippen molar-refractivity contribution in [3.05, 3.63) is 16.8 Å². The number of hydrogen-bond acceptors (Lipinski definition) is 4. The molecule has 15 heavy (non-hydrogen) atoms. The van der Waals surface area contributed by atoms with Crippen LogP contribution in [0.15, 0.2) is 0 Å². The lowest BCUT2D eigenvalue weighted by atomic mass is 10.1. The smallest absolute Gasteiger partial charge is 0.238 e. The van der Waals surface area contributed by atoms with Gasteiger partial charge in [-0.2, -0.15) is 5.10 Å². The van der Waals surface area contributed by atoms with Crippen LogP contribution in [0.4, 0.5) is 0 Å². The summed E-state index contributed by atoms with van der Waals surface area (Å²) in [4.78, 5) is 0. The largest absolute Gasteiger partial charge is 0.473 e. The van der Waals surface area contributed by atoms with Crippen molar-refractivity contribution in [3.63, 3.8) is 0 Å².